The minimum Gasteiger partial charge on any atom is -0.424 e. The Labute approximate surface area is 161 Å². The van der Waals surface area contributed by atoms with Gasteiger partial charge in [-0.25, -0.2) is 4.98 Å². The van der Waals surface area contributed by atoms with Gasteiger partial charge in [-0.3, -0.25) is 9.69 Å². The van der Waals surface area contributed by atoms with Gasteiger partial charge in [-0.1, -0.05) is 32.1 Å². The van der Waals surface area contributed by atoms with Crippen LogP contribution in [0.2, 0.25) is 0 Å². The molecule has 0 N–H and O–H groups in total. The first-order valence-corrected chi connectivity index (χ1v) is 10.2. The van der Waals surface area contributed by atoms with Gasteiger partial charge in [-0.15, -0.1) is 0 Å². The van der Waals surface area contributed by atoms with Crippen LogP contribution in [0.25, 0.3) is 0 Å². The molecule has 7 nitrogen and oxygen atoms in total. The number of nitrogens with zero attached hydrogens (tertiary/aromatic N) is 5. The molecule has 0 aromatic carbocycles. The van der Waals surface area contributed by atoms with Crippen LogP contribution in [0.15, 0.2) is 4.42 Å². The summed E-state index contributed by atoms with van der Waals surface area (Å²) in [5.41, 5.74) is 0.330. The molecule has 0 radical (unpaired) electrons. The van der Waals surface area contributed by atoms with E-state index in [0.717, 1.165) is 0 Å². The van der Waals surface area contributed by atoms with Crippen LogP contribution in [0.5, 0.6) is 0 Å². The largest absolute Gasteiger partial charge is 0.424 e. The number of nitriles is 1. The molecular formula is C20H31N5O2. The Kier molecular flexibility index (Phi) is 6.73. The van der Waals surface area contributed by atoms with Crippen LogP contribution >= 0.6 is 0 Å². The summed E-state index contributed by atoms with van der Waals surface area (Å²) in [4.78, 5) is 23.1. The summed E-state index contributed by atoms with van der Waals surface area (Å²) in [5, 5.41) is 9.19. The van der Waals surface area contributed by atoms with Crippen LogP contribution in [0.4, 0.5) is 5.88 Å². The third kappa shape index (κ3) is 5.01. The summed E-state index contributed by atoms with van der Waals surface area (Å²) in [6.45, 7) is 4.89. The van der Waals surface area contributed by atoms with Crippen molar-refractivity contribution in [2.45, 2.75) is 57.9 Å². The first-order valence-electron chi connectivity index (χ1n) is 10.2. The SMILES string of the molecule is Cc1nc(C#N)c(N2CCN(C(=O)CN(C)C3CCCCCCC3)CC2)o1. The molecule has 2 fully saturated rings. The second kappa shape index (κ2) is 9.23. The van der Waals surface area contributed by atoms with E-state index in [1.807, 2.05) is 9.80 Å². The van der Waals surface area contributed by atoms with Gasteiger partial charge in [0.05, 0.1) is 6.54 Å². The highest BCUT2D eigenvalue weighted by atomic mass is 16.4. The van der Waals surface area contributed by atoms with Gasteiger partial charge in [0, 0.05) is 39.1 Å². The van der Waals surface area contributed by atoms with Crippen LogP contribution in [0, 0.1) is 18.3 Å². The molecule has 1 aromatic heterocycles. The van der Waals surface area contributed by atoms with Gasteiger partial charge in [0.15, 0.2) is 5.89 Å². The number of aromatic nitrogens is 1. The van der Waals surface area contributed by atoms with Gasteiger partial charge in [0.2, 0.25) is 17.5 Å². The molecule has 0 atom stereocenters. The van der Waals surface area contributed by atoms with Crippen LogP contribution in [-0.4, -0.2) is 66.5 Å². The number of amides is 1. The van der Waals surface area contributed by atoms with Crippen molar-refractivity contribution in [3.05, 3.63) is 11.6 Å². The fraction of sp³-hybridized carbons (Fsp3) is 0.750. The molecule has 27 heavy (non-hydrogen) atoms. The lowest BCUT2D eigenvalue weighted by Crippen LogP contribution is -2.52. The Balaban J connectivity index is 1.50. The van der Waals surface area contributed by atoms with E-state index in [1.165, 1.54) is 44.9 Å². The summed E-state index contributed by atoms with van der Waals surface area (Å²) in [6, 6.07) is 2.62. The van der Waals surface area contributed by atoms with E-state index in [4.69, 9.17) is 4.42 Å². The summed E-state index contributed by atoms with van der Waals surface area (Å²) in [7, 11) is 2.09. The molecule has 148 valence electrons. The first-order chi connectivity index (χ1) is 13.1. The number of anilines is 1. The van der Waals surface area contributed by atoms with Gasteiger partial charge < -0.3 is 14.2 Å². The van der Waals surface area contributed by atoms with Crippen LogP contribution < -0.4 is 4.90 Å². The average molecular weight is 374 g/mol. The molecule has 0 spiro atoms. The van der Waals surface area contributed by atoms with Crippen LogP contribution in [0.3, 0.4) is 0 Å². The van der Waals surface area contributed by atoms with E-state index >= 15 is 0 Å². The van der Waals surface area contributed by atoms with E-state index < -0.39 is 0 Å². The van der Waals surface area contributed by atoms with E-state index in [1.54, 1.807) is 6.92 Å². The molecule has 1 amide bonds. The van der Waals surface area contributed by atoms with Gasteiger partial charge in [-0.05, 0) is 19.9 Å². The van der Waals surface area contributed by atoms with Crippen molar-refractivity contribution in [2.24, 2.45) is 0 Å². The number of carbonyl (C=O) groups is 1. The maximum absolute atomic E-state index is 12.8. The van der Waals surface area contributed by atoms with Gasteiger partial charge in [0.1, 0.15) is 6.07 Å². The lowest BCUT2D eigenvalue weighted by molar-refractivity contribution is -0.133. The Morgan fingerprint density at radius 3 is 2.44 bits per heavy atom. The topological polar surface area (TPSA) is 76.6 Å². The summed E-state index contributed by atoms with van der Waals surface area (Å²) >= 11 is 0. The molecular weight excluding hydrogens is 342 g/mol. The number of hydrogen-bond acceptors (Lipinski definition) is 6. The minimum absolute atomic E-state index is 0.202. The molecule has 1 aliphatic carbocycles. The number of carbonyl (C=O) groups excluding carboxylic acids is 1. The molecule has 0 unspecified atom stereocenters. The number of likely N-dealkylation sites (N-methyl/N-ethyl adjacent to an activating group) is 1. The second-order valence-electron chi connectivity index (χ2n) is 7.78. The zero-order valence-corrected chi connectivity index (χ0v) is 16.6. The third-order valence-electron chi connectivity index (χ3n) is 5.82. The lowest BCUT2D eigenvalue weighted by atomic mass is 9.96. The predicted molar refractivity (Wildman–Crippen MR) is 103 cm³/mol. The summed E-state index contributed by atoms with van der Waals surface area (Å²) < 4.78 is 5.59. The number of hydrogen-bond donors (Lipinski definition) is 0. The molecule has 3 rings (SSSR count). The van der Waals surface area contributed by atoms with Gasteiger partial charge >= 0.3 is 0 Å². The predicted octanol–water partition coefficient (Wildman–Crippen LogP) is 2.55. The van der Waals surface area contributed by atoms with Crippen LogP contribution in [0.1, 0.15) is 56.5 Å². The van der Waals surface area contributed by atoms with Crippen molar-refractivity contribution >= 4 is 11.8 Å². The van der Waals surface area contributed by atoms with Gasteiger partial charge in [-0.2, -0.15) is 5.26 Å². The van der Waals surface area contributed by atoms with Crippen molar-refractivity contribution in [1.82, 2.24) is 14.8 Å². The Morgan fingerprint density at radius 1 is 1.19 bits per heavy atom. The summed E-state index contributed by atoms with van der Waals surface area (Å²) in [6.07, 6.45) is 8.98. The molecule has 1 aromatic rings. The monoisotopic (exact) mass is 373 g/mol. The Morgan fingerprint density at radius 2 is 1.81 bits per heavy atom. The fourth-order valence-corrected chi connectivity index (χ4v) is 4.18. The first kappa shape index (κ1) is 19.7. The molecule has 1 saturated heterocycles. The summed E-state index contributed by atoms with van der Waals surface area (Å²) in [5.74, 6) is 1.24. The number of rotatable bonds is 4. The van der Waals surface area contributed by atoms with Crippen molar-refractivity contribution < 1.29 is 9.21 Å². The third-order valence-corrected chi connectivity index (χ3v) is 5.82. The smallest absolute Gasteiger partial charge is 0.236 e. The minimum atomic E-state index is 0.202. The van der Waals surface area contributed by atoms with E-state index in [2.05, 4.69) is 23.0 Å². The highest BCUT2D eigenvalue weighted by molar-refractivity contribution is 5.78. The molecule has 1 saturated carbocycles. The molecule has 2 aliphatic rings. The zero-order chi connectivity index (χ0) is 19.2. The number of oxazole rings is 1. The Hall–Kier alpha value is -2.07. The molecule has 1 aliphatic heterocycles. The lowest BCUT2D eigenvalue weighted by Gasteiger charge is -2.36. The average Bonchev–Trinajstić information content (AvgIpc) is 3.02. The quantitative estimate of drug-likeness (QED) is 0.807. The molecule has 2 heterocycles. The fourth-order valence-electron chi connectivity index (χ4n) is 4.18. The van der Waals surface area contributed by atoms with Crippen molar-refractivity contribution in [2.75, 3.05) is 44.7 Å². The standard InChI is InChI=1S/C20H31N5O2/c1-16-22-18(14-21)20(27-16)25-12-10-24(11-13-25)19(26)15-23(2)17-8-6-4-3-5-7-9-17/h17H,3-13,15H2,1-2H3. The van der Waals surface area contributed by atoms with E-state index in [9.17, 15) is 10.1 Å². The zero-order valence-electron chi connectivity index (χ0n) is 16.6. The van der Waals surface area contributed by atoms with Crippen molar-refractivity contribution in [1.29, 1.82) is 5.26 Å². The van der Waals surface area contributed by atoms with Crippen molar-refractivity contribution in [3.63, 3.8) is 0 Å². The second-order valence-corrected chi connectivity index (χ2v) is 7.78. The number of aryl methyl sites for hydroxylation is 1. The van der Waals surface area contributed by atoms with Gasteiger partial charge in [0.25, 0.3) is 0 Å². The molecule has 7 heteroatoms. The maximum atomic E-state index is 12.8. The van der Waals surface area contributed by atoms with E-state index in [-0.39, 0.29) is 5.91 Å². The highest BCUT2D eigenvalue weighted by Crippen LogP contribution is 2.23. The Bertz CT molecular complexity index is 664. The van der Waals surface area contributed by atoms with Crippen molar-refractivity contribution in [3.8, 4) is 6.07 Å². The maximum Gasteiger partial charge on any atom is 0.236 e. The normalized spacial score (nSPS) is 19.6. The number of piperazine rings is 1. The van der Waals surface area contributed by atoms with E-state index in [0.29, 0.717) is 56.2 Å². The molecule has 0 bridgehead atoms. The van der Waals surface area contributed by atoms with Crippen LogP contribution in [-0.2, 0) is 4.79 Å². The highest BCUT2D eigenvalue weighted by Gasteiger charge is 2.27.